The van der Waals surface area contributed by atoms with Gasteiger partial charge in [-0.05, 0) is 12.5 Å². The third kappa shape index (κ3) is 3.96. The molecule has 23 heavy (non-hydrogen) atoms. The van der Waals surface area contributed by atoms with Crippen LogP contribution in [0.3, 0.4) is 0 Å². The largest absolute Gasteiger partial charge is 0.495 e. The van der Waals surface area contributed by atoms with E-state index in [1.54, 1.807) is 6.92 Å². The highest BCUT2D eigenvalue weighted by atomic mass is 35.5. The van der Waals surface area contributed by atoms with Crippen molar-refractivity contribution in [3.63, 3.8) is 0 Å². The van der Waals surface area contributed by atoms with E-state index in [2.05, 4.69) is 4.72 Å². The maximum Gasteiger partial charge on any atom is 0.244 e. The van der Waals surface area contributed by atoms with E-state index in [0.29, 0.717) is 0 Å². The smallest absolute Gasteiger partial charge is 0.244 e. The Kier molecular flexibility index (Phi) is 5.51. The molecular formula is C16H18ClNO4S. The number of ether oxygens (including phenoxy) is 2. The van der Waals surface area contributed by atoms with E-state index in [1.165, 1.54) is 26.4 Å². The average Bonchev–Trinajstić information content (AvgIpc) is 2.54. The van der Waals surface area contributed by atoms with Gasteiger partial charge in [0.05, 0.1) is 19.2 Å². The molecule has 0 aliphatic rings. The van der Waals surface area contributed by atoms with Crippen LogP contribution in [0.1, 0.15) is 18.5 Å². The fraction of sp³-hybridized carbons (Fsp3) is 0.250. The summed E-state index contributed by atoms with van der Waals surface area (Å²) in [6.45, 7) is 1.77. The van der Waals surface area contributed by atoms with Crippen LogP contribution in [0, 0.1) is 0 Å². The van der Waals surface area contributed by atoms with Crippen molar-refractivity contribution < 1.29 is 17.9 Å². The lowest BCUT2D eigenvalue weighted by atomic mass is 10.1. The molecule has 0 bridgehead atoms. The molecule has 0 aliphatic heterocycles. The lowest BCUT2D eigenvalue weighted by Crippen LogP contribution is -2.27. The van der Waals surface area contributed by atoms with Crippen LogP contribution in [0.25, 0.3) is 0 Å². The summed E-state index contributed by atoms with van der Waals surface area (Å²) < 4.78 is 38.2. The van der Waals surface area contributed by atoms with Crippen LogP contribution in [-0.4, -0.2) is 22.6 Å². The van der Waals surface area contributed by atoms with Gasteiger partial charge in [0.25, 0.3) is 0 Å². The van der Waals surface area contributed by atoms with Crippen molar-refractivity contribution in [1.29, 1.82) is 0 Å². The maximum atomic E-state index is 12.7. The Morgan fingerprint density at radius 2 is 1.65 bits per heavy atom. The monoisotopic (exact) mass is 355 g/mol. The van der Waals surface area contributed by atoms with E-state index >= 15 is 0 Å². The van der Waals surface area contributed by atoms with Crippen LogP contribution in [0.4, 0.5) is 0 Å². The van der Waals surface area contributed by atoms with Crippen molar-refractivity contribution >= 4 is 21.6 Å². The highest BCUT2D eigenvalue weighted by molar-refractivity contribution is 7.89. The highest BCUT2D eigenvalue weighted by Crippen LogP contribution is 2.35. The molecule has 0 aromatic heterocycles. The Morgan fingerprint density at radius 1 is 1.04 bits per heavy atom. The first kappa shape index (κ1) is 17.6. The van der Waals surface area contributed by atoms with Crippen molar-refractivity contribution in [3.05, 3.63) is 53.1 Å². The summed E-state index contributed by atoms with van der Waals surface area (Å²) >= 11 is 6.01. The van der Waals surface area contributed by atoms with Gasteiger partial charge >= 0.3 is 0 Å². The van der Waals surface area contributed by atoms with Gasteiger partial charge in [-0.3, -0.25) is 0 Å². The number of hydrogen-bond donors (Lipinski definition) is 1. The number of nitrogens with one attached hydrogen (secondary N) is 1. The molecule has 2 rings (SSSR count). The number of rotatable bonds is 6. The molecule has 2 aromatic carbocycles. The number of sulfonamides is 1. The SMILES string of the molecule is COc1cc(S(=O)(=O)NC(C)c2ccccc2)c(OC)cc1Cl. The molecule has 1 unspecified atom stereocenters. The van der Waals surface area contributed by atoms with Crippen LogP contribution in [0.2, 0.25) is 5.02 Å². The summed E-state index contributed by atoms with van der Waals surface area (Å²) in [5.74, 6) is 0.420. The molecule has 7 heteroatoms. The molecule has 124 valence electrons. The molecule has 1 atom stereocenters. The van der Waals surface area contributed by atoms with Gasteiger partial charge in [0.15, 0.2) is 0 Å². The van der Waals surface area contributed by atoms with Gasteiger partial charge in [-0.2, -0.15) is 0 Å². The summed E-state index contributed by atoms with van der Waals surface area (Å²) in [6.07, 6.45) is 0. The number of hydrogen-bond acceptors (Lipinski definition) is 4. The van der Waals surface area contributed by atoms with Gasteiger partial charge in [-0.25, -0.2) is 13.1 Å². The first-order valence-corrected chi connectivity index (χ1v) is 8.74. The van der Waals surface area contributed by atoms with E-state index in [9.17, 15) is 8.42 Å². The second-order valence-electron chi connectivity index (χ2n) is 4.89. The molecule has 0 radical (unpaired) electrons. The zero-order valence-electron chi connectivity index (χ0n) is 13.0. The minimum atomic E-state index is -3.81. The normalized spacial score (nSPS) is 12.7. The van der Waals surface area contributed by atoms with Crippen LogP contribution in [-0.2, 0) is 10.0 Å². The van der Waals surface area contributed by atoms with Gasteiger partial charge < -0.3 is 9.47 Å². The standard InChI is InChI=1S/C16H18ClNO4S/c1-11(12-7-5-4-6-8-12)18-23(19,20)16-10-14(21-2)13(17)9-15(16)22-3/h4-11,18H,1-3H3. The fourth-order valence-electron chi connectivity index (χ4n) is 2.15. The van der Waals surface area contributed by atoms with Gasteiger partial charge in [-0.15, -0.1) is 0 Å². The van der Waals surface area contributed by atoms with Crippen LogP contribution < -0.4 is 14.2 Å². The van der Waals surface area contributed by atoms with Crippen molar-refractivity contribution in [1.82, 2.24) is 4.72 Å². The highest BCUT2D eigenvalue weighted by Gasteiger charge is 2.24. The fourth-order valence-corrected chi connectivity index (χ4v) is 3.78. The summed E-state index contributed by atoms with van der Waals surface area (Å²) in [5.41, 5.74) is 0.857. The van der Waals surface area contributed by atoms with Crippen molar-refractivity contribution in [2.45, 2.75) is 17.9 Å². The number of benzene rings is 2. The topological polar surface area (TPSA) is 64.6 Å². The van der Waals surface area contributed by atoms with Gasteiger partial charge in [0, 0.05) is 18.2 Å². The van der Waals surface area contributed by atoms with E-state index in [1.807, 2.05) is 30.3 Å². The Balaban J connectivity index is 2.39. The zero-order valence-corrected chi connectivity index (χ0v) is 14.6. The average molecular weight is 356 g/mol. The summed E-state index contributed by atoms with van der Waals surface area (Å²) in [7, 11) is -1.01. The number of halogens is 1. The third-order valence-electron chi connectivity index (χ3n) is 3.36. The van der Waals surface area contributed by atoms with Crippen LogP contribution in [0.15, 0.2) is 47.4 Å². The first-order valence-electron chi connectivity index (χ1n) is 6.88. The molecule has 0 aliphatic carbocycles. The van der Waals surface area contributed by atoms with E-state index < -0.39 is 16.1 Å². The van der Waals surface area contributed by atoms with Crippen molar-refractivity contribution in [2.75, 3.05) is 14.2 Å². The van der Waals surface area contributed by atoms with Crippen molar-refractivity contribution in [2.24, 2.45) is 0 Å². The second-order valence-corrected chi connectivity index (χ2v) is 6.98. The molecule has 0 fully saturated rings. The summed E-state index contributed by atoms with van der Waals surface area (Å²) in [5, 5.41) is 0.277. The quantitative estimate of drug-likeness (QED) is 0.862. The third-order valence-corrected chi connectivity index (χ3v) is 5.22. The van der Waals surface area contributed by atoms with Crippen molar-refractivity contribution in [3.8, 4) is 11.5 Å². The second kappa shape index (κ2) is 7.21. The molecule has 0 spiro atoms. The molecule has 0 amide bonds. The van der Waals surface area contributed by atoms with E-state index in [4.69, 9.17) is 21.1 Å². The first-order chi connectivity index (χ1) is 10.9. The van der Waals surface area contributed by atoms with Gasteiger partial charge in [-0.1, -0.05) is 41.9 Å². The number of methoxy groups -OCH3 is 2. The Hall–Kier alpha value is -1.76. The lowest BCUT2D eigenvalue weighted by Gasteiger charge is -2.17. The van der Waals surface area contributed by atoms with Gasteiger partial charge in [0.1, 0.15) is 16.4 Å². The zero-order chi connectivity index (χ0) is 17.0. The molecule has 0 saturated carbocycles. The molecular weight excluding hydrogens is 338 g/mol. The minimum absolute atomic E-state index is 0.0240. The lowest BCUT2D eigenvalue weighted by molar-refractivity contribution is 0.392. The molecule has 1 N–H and O–H groups in total. The Bertz CT molecular complexity index is 778. The maximum absolute atomic E-state index is 12.7. The minimum Gasteiger partial charge on any atom is -0.495 e. The Labute approximate surface area is 141 Å². The molecule has 0 saturated heterocycles. The molecule has 5 nitrogen and oxygen atoms in total. The predicted octanol–water partition coefficient (Wildman–Crippen LogP) is 3.40. The predicted molar refractivity (Wildman–Crippen MR) is 89.7 cm³/mol. The molecule has 0 heterocycles. The van der Waals surface area contributed by atoms with Gasteiger partial charge in [0.2, 0.25) is 10.0 Å². The van der Waals surface area contributed by atoms with E-state index in [0.717, 1.165) is 5.56 Å². The summed E-state index contributed by atoms with van der Waals surface area (Å²) in [6, 6.07) is 11.7. The molecule has 2 aromatic rings. The van der Waals surface area contributed by atoms with Crippen LogP contribution in [0.5, 0.6) is 11.5 Å². The van der Waals surface area contributed by atoms with E-state index in [-0.39, 0.29) is 21.4 Å². The Morgan fingerprint density at radius 3 is 2.22 bits per heavy atom. The van der Waals surface area contributed by atoms with Crippen LogP contribution >= 0.6 is 11.6 Å². The summed E-state index contributed by atoms with van der Waals surface area (Å²) in [4.78, 5) is -0.0240.